The lowest BCUT2D eigenvalue weighted by Gasteiger charge is -2.37. The van der Waals surface area contributed by atoms with Crippen LogP contribution in [0, 0.1) is 5.92 Å². The van der Waals surface area contributed by atoms with Crippen molar-refractivity contribution in [3.63, 3.8) is 0 Å². The van der Waals surface area contributed by atoms with Gasteiger partial charge in [0, 0.05) is 15.6 Å². The number of nitrogens with one attached hydrogen (secondary N) is 1. The van der Waals surface area contributed by atoms with Crippen molar-refractivity contribution in [2.75, 3.05) is 0 Å². The van der Waals surface area contributed by atoms with Gasteiger partial charge in [-0.2, -0.15) is 13.2 Å². The standard InChI is InChI=1S/C22H18Cl2F3NO2/c23-15-4-1-12(2-5-15)13-3-6-17(24)16(11-13)18-19(29)21(28-20(18)30)9-7-14(8-10-21)22(25,26)27/h1-6,11,14,29H,7-10H2,(H,28,30)/t14-,21+. The molecule has 4 rings (SSSR count). The van der Waals surface area contributed by atoms with Crippen molar-refractivity contribution in [2.45, 2.75) is 37.4 Å². The van der Waals surface area contributed by atoms with Crippen LogP contribution in [0.5, 0.6) is 0 Å². The Kier molecular flexibility index (Phi) is 5.27. The van der Waals surface area contributed by atoms with Gasteiger partial charge in [0.2, 0.25) is 0 Å². The number of carbonyl (C=O) groups excluding carboxylic acids is 1. The largest absolute Gasteiger partial charge is 0.509 e. The molecule has 0 radical (unpaired) electrons. The fourth-order valence-electron chi connectivity index (χ4n) is 4.27. The lowest BCUT2D eigenvalue weighted by molar-refractivity contribution is -0.184. The first kappa shape index (κ1) is 21.1. The molecule has 0 aromatic heterocycles. The monoisotopic (exact) mass is 455 g/mol. The smallest absolute Gasteiger partial charge is 0.391 e. The van der Waals surface area contributed by atoms with E-state index in [4.69, 9.17) is 23.2 Å². The highest BCUT2D eigenvalue weighted by Crippen LogP contribution is 2.47. The molecule has 158 valence electrons. The molecule has 2 aromatic rings. The van der Waals surface area contributed by atoms with Gasteiger partial charge in [-0.25, -0.2) is 0 Å². The molecular formula is C22H18Cl2F3NO2. The molecule has 0 saturated heterocycles. The SMILES string of the molecule is O=C1N[C@]2(CC[C@@H](C(F)(F)F)CC2)C(O)=C1c1cc(-c2ccc(Cl)cc2)ccc1Cl. The molecule has 2 N–H and O–H groups in total. The summed E-state index contributed by atoms with van der Waals surface area (Å²) in [5.74, 6) is -2.19. The van der Waals surface area contributed by atoms with Crippen molar-refractivity contribution in [1.29, 1.82) is 0 Å². The number of hydrogen-bond acceptors (Lipinski definition) is 2. The summed E-state index contributed by atoms with van der Waals surface area (Å²) in [6.07, 6.45) is -4.54. The van der Waals surface area contributed by atoms with Gasteiger partial charge in [-0.05, 0) is 61.1 Å². The molecule has 2 aromatic carbocycles. The van der Waals surface area contributed by atoms with E-state index in [0.717, 1.165) is 11.1 Å². The molecule has 1 amide bonds. The van der Waals surface area contributed by atoms with Crippen LogP contribution in [0.15, 0.2) is 48.2 Å². The van der Waals surface area contributed by atoms with Gasteiger partial charge in [0.25, 0.3) is 5.91 Å². The molecule has 3 nitrogen and oxygen atoms in total. The quantitative estimate of drug-likeness (QED) is 0.539. The molecule has 1 fully saturated rings. The van der Waals surface area contributed by atoms with E-state index in [1.807, 2.05) is 12.1 Å². The number of aliphatic hydroxyl groups is 1. The highest BCUT2D eigenvalue weighted by atomic mass is 35.5. The predicted molar refractivity (Wildman–Crippen MR) is 110 cm³/mol. The number of carbonyl (C=O) groups is 1. The van der Waals surface area contributed by atoms with Crippen LogP contribution in [-0.4, -0.2) is 22.7 Å². The zero-order valence-electron chi connectivity index (χ0n) is 15.7. The fraction of sp³-hybridized carbons (Fsp3) is 0.318. The predicted octanol–water partition coefficient (Wildman–Crippen LogP) is 6.55. The average Bonchev–Trinajstić information content (AvgIpc) is 2.92. The summed E-state index contributed by atoms with van der Waals surface area (Å²) in [6.45, 7) is 0. The van der Waals surface area contributed by atoms with Gasteiger partial charge in [0.1, 0.15) is 5.76 Å². The molecule has 0 atom stereocenters. The van der Waals surface area contributed by atoms with Crippen LogP contribution in [0.4, 0.5) is 13.2 Å². The summed E-state index contributed by atoms with van der Waals surface area (Å²) in [6, 6.07) is 12.2. The van der Waals surface area contributed by atoms with Crippen LogP contribution < -0.4 is 5.32 Å². The van der Waals surface area contributed by atoms with Crippen molar-refractivity contribution in [1.82, 2.24) is 5.32 Å². The summed E-state index contributed by atoms with van der Waals surface area (Å²) in [4.78, 5) is 12.8. The van der Waals surface area contributed by atoms with Crippen molar-refractivity contribution < 1.29 is 23.1 Å². The van der Waals surface area contributed by atoms with Gasteiger partial charge in [0.15, 0.2) is 0 Å². The van der Waals surface area contributed by atoms with Gasteiger partial charge in [-0.1, -0.05) is 41.4 Å². The van der Waals surface area contributed by atoms with Crippen molar-refractivity contribution >= 4 is 34.7 Å². The fourth-order valence-corrected chi connectivity index (χ4v) is 4.61. The first-order valence-electron chi connectivity index (χ1n) is 9.49. The van der Waals surface area contributed by atoms with Crippen molar-refractivity contribution in [3.05, 3.63) is 63.8 Å². The summed E-state index contributed by atoms with van der Waals surface area (Å²) in [5, 5.41) is 14.5. The summed E-state index contributed by atoms with van der Waals surface area (Å²) in [5.41, 5.74) is 0.792. The maximum absolute atomic E-state index is 13.0. The van der Waals surface area contributed by atoms with Gasteiger partial charge >= 0.3 is 6.18 Å². The van der Waals surface area contributed by atoms with Crippen LogP contribution in [0.25, 0.3) is 16.7 Å². The number of amides is 1. The Balaban J connectivity index is 1.70. The van der Waals surface area contributed by atoms with E-state index in [2.05, 4.69) is 5.32 Å². The molecule has 0 unspecified atom stereocenters. The zero-order valence-corrected chi connectivity index (χ0v) is 17.2. The minimum Gasteiger partial charge on any atom is -0.509 e. The molecule has 1 saturated carbocycles. The number of aliphatic hydroxyl groups excluding tert-OH is 1. The van der Waals surface area contributed by atoms with E-state index in [9.17, 15) is 23.1 Å². The molecule has 30 heavy (non-hydrogen) atoms. The second-order valence-electron chi connectivity index (χ2n) is 7.78. The summed E-state index contributed by atoms with van der Waals surface area (Å²) >= 11 is 12.3. The van der Waals surface area contributed by atoms with Crippen molar-refractivity contribution in [2.24, 2.45) is 5.92 Å². The van der Waals surface area contributed by atoms with E-state index in [-0.39, 0.29) is 42.0 Å². The van der Waals surface area contributed by atoms with E-state index in [1.165, 1.54) is 0 Å². The van der Waals surface area contributed by atoms with Gasteiger partial charge in [-0.3, -0.25) is 4.79 Å². The third-order valence-electron chi connectivity index (χ3n) is 5.99. The Bertz CT molecular complexity index is 1020. The maximum Gasteiger partial charge on any atom is 0.391 e. The Hall–Kier alpha value is -2.18. The maximum atomic E-state index is 13.0. The van der Waals surface area contributed by atoms with Crippen LogP contribution in [0.2, 0.25) is 10.0 Å². The molecule has 1 spiro atoms. The molecular weight excluding hydrogens is 438 g/mol. The number of rotatable bonds is 2. The molecule has 2 aliphatic rings. The number of hydrogen-bond donors (Lipinski definition) is 2. The highest BCUT2D eigenvalue weighted by molar-refractivity contribution is 6.36. The first-order valence-corrected chi connectivity index (χ1v) is 10.3. The second kappa shape index (κ2) is 7.50. The summed E-state index contributed by atoms with van der Waals surface area (Å²) < 4.78 is 39.1. The van der Waals surface area contributed by atoms with Gasteiger partial charge in [0.05, 0.1) is 17.0 Å². The van der Waals surface area contributed by atoms with Crippen molar-refractivity contribution in [3.8, 4) is 11.1 Å². The van der Waals surface area contributed by atoms with Crippen LogP contribution in [-0.2, 0) is 4.79 Å². The second-order valence-corrected chi connectivity index (χ2v) is 8.62. The third kappa shape index (κ3) is 3.67. The number of benzene rings is 2. The Labute approximate surface area is 181 Å². The van der Waals surface area contributed by atoms with E-state index < -0.39 is 23.5 Å². The molecule has 1 heterocycles. The number of halogens is 5. The Morgan fingerprint density at radius 1 is 1.00 bits per heavy atom. The van der Waals surface area contributed by atoms with Crippen LogP contribution in [0.1, 0.15) is 31.2 Å². The molecule has 1 aliphatic carbocycles. The molecule has 8 heteroatoms. The van der Waals surface area contributed by atoms with Crippen LogP contribution in [0.3, 0.4) is 0 Å². The minimum absolute atomic E-state index is 0.0151. The Morgan fingerprint density at radius 3 is 2.20 bits per heavy atom. The normalized spacial score (nSPS) is 24.4. The zero-order chi connectivity index (χ0) is 21.7. The molecule has 1 aliphatic heterocycles. The van der Waals surface area contributed by atoms with Crippen LogP contribution >= 0.6 is 23.2 Å². The lowest BCUT2D eigenvalue weighted by atomic mass is 9.75. The topological polar surface area (TPSA) is 49.3 Å². The van der Waals surface area contributed by atoms with E-state index in [1.54, 1.807) is 30.3 Å². The van der Waals surface area contributed by atoms with E-state index >= 15 is 0 Å². The average molecular weight is 456 g/mol. The lowest BCUT2D eigenvalue weighted by Crippen LogP contribution is -2.48. The highest BCUT2D eigenvalue weighted by Gasteiger charge is 2.52. The third-order valence-corrected chi connectivity index (χ3v) is 6.57. The van der Waals surface area contributed by atoms with Gasteiger partial charge in [-0.15, -0.1) is 0 Å². The van der Waals surface area contributed by atoms with Gasteiger partial charge < -0.3 is 10.4 Å². The minimum atomic E-state index is -4.28. The molecule has 0 bridgehead atoms. The Morgan fingerprint density at radius 2 is 1.60 bits per heavy atom. The number of alkyl halides is 3. The van der Waals surface area contributed by atoms with E-state index in [0.29, 0.717) is 10.6 Å². The summed E-state index contributed by atoms with van der Waals surface area (Å²) in [7, 11) is 0. The first-order chi connectivity index (χ1) is 14.1.